The van der Waals surface area contributed by atoms with Gasteiger partial charge in [0.1, 0.15) is 11.5 Å². The molecular formula is C37H46NNaO12. The van der Waals surface area contributed by atoms with E-state index in [9.17, 15) is 39.9 Å². The van der Waals surface area contributed by atoms with Crippen LogP contribution < -0.4 is 44.7 Å². The third kappa shape index (κ3) is 7.79. The van der Waals surface area contributed by atoms with Crippen molar-refractivity contribution in [2.24, 2.45) is 29.6 Å². The van der Waals surface area contributed by atoms with E-state index in [1.807, 2.05) is 0 Å². The topological polar surface area (TPSA) is 204 Å². The summed E-state index contributed by atoms with van der Waals surface area (Å²) >= 11 is 0. The number of rotatable bonds is 2. The number of ketones is 1. The Hall–Kier alpha value is -3.59. The van der Waals surface area contributed by atoms with Gasteiger partial charge in [0.15, 0.2) is 5.75 Å². The summed E-state index contributed by atoms with van der Waals surface area (Å²) in [6.45, 7) is 11.1. The van der Waals surface area contributed by atoms with Gasteiger partial charge in [-0.05, 0) is 43.2 Å². The number of carbonyl (C=O) groups excluding carboxylic acids is 3. The number of Topliss-reactive ketones (excluding diaryl/α,β-unsaturated/α-hetero) is 1. The minimum Gasteiger partial charge on any atom is -0.872 e. The Morgan fingerprint density at radius 1 is 0.961 bits per heavy atom. The fraction of sp³-hybridized carbons (Fsp3) is 0.486. The summed E-state index contributed by atoms with van der Waals surface area (Å²) in [5.74, 6) is -9.54. The third-order valence-electron chi connectivity index (χ3n) is 10.1. The predicted molar refractivity (Wildman–Crippen MR) is 182 cm³/mol. The minimum atomic E-state index is -2.02. The van der Waals surface area contributed by atoms with Crippen molar-refractivity contribution in [2.75, 3.05) is 19.5 Å². The van der Waals surface area contributed by atoms with Gasteiger partial charge in [-0.3, -0.25) is 14.4 Å². The van der Waals surface area contributed by atoms with Crippen molar-refractivity contribution in [3.63, 3.8) is 0 Å². The maximum atomic E-state index is 13.9. The maximum absolute atomic E-state index is 13.9. The van der Waals surface area contributed by atoms with Crippen molar-refractivity contribution < 1.29 is 88.4 Å². The van der Waals surface area contributed by atoms with Crippen LogP contribution in [0.5, 0.6) is 23.0 Å². The van der Waals surface area contributed by atoms with E-state index >= 15 is 0 Å². The molecule has 0 aliphatic carbocycles. The molecule has 5 bridgehead atoms. The number of carbonyl (C=O) groups is 3. The van der Waals surface area contributed by atoms with E-state index in [1.165, 1.54) is 53.4 Å². The van der Waals surface area contributed by atoms with Crippen LogP contribution in [-0.2, 0) is 23.8 Å². The van der Waals surface area contributed by atoms with Crippen molar-refractivity contribution >= 4 is 34.1 Å². The molecule has 0 saturated heterocycles. The zero-order valence-electron chi connectivity index (χ0n) is 30.6. The monoisotopic (exact) mass is 719 g/mol. The van der Waals surface area contributed by atoms with E-state index in [1.54, 1.807) is 39.8 Å². The van der Waals surface area contributed by atoms with Gasteiger partial charge in [-0.15, -0.1) is 0 Å². The number of hydrogen-bond acceptors (Lipinski definition) is 12. The molecule has 0 spiro atoms. The van der Waals surface area contributed by atoms with Crippen molar-refractivity contribution in [1.82, 2.24) is 0 Å². The summed E-state index contributed by atoms with van der Waals surface area (Å²) in [5, 5.41) is 60.3. The van der Waals surface area contributed by atoms with Crippen molar-refractivity contribution in [2.45, 2.75) is 72.6 Å². The van der Waals surface area contributed by atoms with Crippen LogP contribution in [0, 0.1) is 36.5 Å². The third-order valence-corrected chi connectivity index (χ3v) is 10.1. The van der Waals surface area contributed by atoms with Gasteiger partial charge in [0.05, 0.1) is 54.2 Å². The van der Waals surface area contributed by atoms with Crippen LogP contribution in [0.1, 0.15) is 57.5 Å². The number of hydrogen-bond donors (Lipinski definition) is 5. The number of allylic oxidation sites excluding steroid dienone is 2. The van der Waals surface area contributed by atoms with Crippen LogP contribution in [-0.4, -0.2) is 76.4 Å². The summed E-state index contributed by atoms with van der Waals surface area (Å²) in [5.41, 5.74) is -0.278. The van der Waals surface area contributed by atoms with Crippen LogP contribution in [0.15, 0.2) is 42.2 Å². The SMILES string of the molecule is COC(=O)[C@H]1[C@@H](C)[C@@H](OC)/C=C\O[C@@]2(C)Oc3c(C)c(O)c4c(O)c(cc([O-])c4c3C2=O)NC(=O)/C(C)=C\C=C/[C@@H](C)[C@@H](O)[C@@H](C)[C@H](O)[C@@H]1C.[Na+]. The molecule has 3 aliphatic heterocycles. The van der Waals surface area contributed by atoms with E-state index in [0.29, 0.717) is 0 Å². The summed E-state index contributed by atoms with van der Waals surface area (Å²) in [6, 6.07) is 0.949. The Morgan fingerprint density at radius 3 is 2.22 bits per heavy atom. The number of esters is 1. The molecule has 51 heavy (non-hydrogen) atoms. The summed E-state index contributed by atoms with van der Waals surface area (Å²) in [6.07, 6.45) is 4.30. The van der Waals surface area contributed by atoms with E-state index in [0.717, 1.165) is 6.07 Å². The second-order valence-electron chi connectivity index (χ2n) is 13.4. The summed E-state index contributed by atoms with van der Waals surface area (Å²) < 4.78 is 22.5. The quantitative estimate of drug-likeness (QED) is 0.168. The molecule has 3 heterocycles. The second-order valence-corrected chi connectivity index (χ2v) is 13.4. The first-order valence-corrected chi connectivity index (χ1v) is 16.3. The van der Waals surface area contributed by atoms with E-state index < -0.39 is 88.6 Å². The van der Waals surface area contributed by atoms with Crippen LogP contribution >= 0.6 is 0 Å². The van der Waals surface area contributed by atoms with Gasteiger partial charge in [0, 0.05) is 37.0 Å². The number of ether oxygens (including phenoxy) is 4. The number of aliphatic hydroxyl groups is 2. The fourth-order valence-electron chi connectivity index (χ4n) is 6.83. The molecule has 2 aromatic rings. The van der Waals surface area contributed by atoms with E-state index in [4.69, 9.17) is 18.9 Å². The number of fused-ring (bicyclic) bond motifs is 14. The molecule has 0 unspecified atom stereocenters. The number of benzene rings is 2. The molecule has 13 nitrogen and oxygen atoms in total. The van der Waals surface area contributed by atoms with Crippen LogP contribution in [0.3, 0.4) is 0 Å². The first-order chi connectivity index (χ1) is 23.4. The predicted octanol–water partition coefficient (Wildman–Crippen LogP) is 0.984. The number of phenolic OH excluding ortho intramolecular Hbond substituents is 2. The molecule has 9 atom stereocenters. The van der Waals surface area contributed by atoms with Gasteiger partial charge in [-0.1, -0.05) is 51.7 Å². The Labute approximate surface area is 319 Å². The molecule has 3 aliphatic rings. The standard InChI is InChI=1S/C37H47NO12.Na/c1-16-11-10-12-17(2)35(45)38-22-15-23(39)26-27(32(22)43)31(42)21(6)33-28(26)34(44)37(7,50-33)49-14-13-24(47-8)18(3)25(36(46)48-9)19(4)30(41)20(5)29(16)40;/h10-16,18-20,24-25,29-30,39-43H,1-9H3,(H,38,45);/q;+1/p-1/b11-10-,14-13-,17-12-;/t16-,18+,19-,20-,24+,25+,29-,30-,37+;/m1./s1. The van der Waals surface area contributed by atoms with E-state index in [2.05, 4.69) is 5.32 Å². The van der Waals surface area contributed by atoms with Gasteiger partial charge < -0.3 is 49.8 Å². The molecule has 5 N–H and O–H groups in total. The smallest absolute Gasteiger partial charge is 0.872 e. The number of amides is 1. The second kappa shape index (κ2) is 16.4. The average molecular weight is 720 g/mol. The maximum Gasteiger partial charge on any atom is 1.00 e. The molecular weight excluding hydrogens is 673 g/mol. The Morgan fingerprint density at radius 2 is 1.61 bits per heavy atom. The molecule has 0 fully saturated rings. The molecule has 272 valence electrons. The van der Waals surface area contributed by atoms with Gasteiger partial charge in [-0.25, -0.2) is 0 Å². The molecule has 0 radical (unpaired) electrons. The Bertz CT molecular complexity index is 1770. The Balaban J connectivity index is 0.00000702. The normalized spacial score (nSPS) is 32.6. The number of methoxy groups -OCH3 is 2. The van der Waals surface area contributed by atoms with Crippen molar-refractivity contribution in [3.05, 3.63) is 53.3 Å². The largest absolute Gasteiger partial charge is 1.00 e. The van der Waals surface area contributed by atoms with Gasteiger partial charge in [0.25, 0.3) is 11.7 Å². The Kier molecular flexibility index (Phi) is 13.4. The number of nitrogens with one attached hydrogen (secondary N) is 1. The first kappa shape index (κ1) is 41.8. The fourth-order valence-corrected chi connectivity index (χ4v) is 6.83. The molecule has 1 amide bonds. The number of anilines is 1. The number of phenols is 2. The average Bonchev–Trinajstić information content (AvgIpc) is 3.34. The summed E-state index contributed by atoms with van der Waals surface area (Å²) in [4.78, 5) is 40.1. The van der Waals surface area contributed by atoms with E-state index in [-0.39, 0.29) is 68.5 Å². The molecule has 0 aromatic heterocycles. The number of aromatic hydroxyl groups is 2. The van der Waals surface area contributed by atoms with Crippen LogP contribution in [0.2, 0.25) is 0 Å². The van der Waals surface area contributed by atoms with Crippen molar-refractivity contribution in [3.8, 4) is 23.0 Å². The molecule has 0 saturated carbocycles. The molecule has 2 aromatic carbocycles. The van der Waals surface area contributed by atoms with Crippen LogP contribution in [0.4, 0.5) is 5.69 Å². The minimum absolute atomic E-state index is 0. The number of aliphatic hydroxyl groups excluding tert-OH is 2. The van der Waals surface area contributed by atoms with Gasteiger partial charge >= 0.3 is 41.3 Å². The van der Waals surface area contributed by atoms with Gasteiger partial charge in [0.2, 0.25) is 0 Å². The molecule has 14 heteroatoms. The zero-order valence-corrected chi connectivity index (χ0v) is 32.6. The van der Waals surface area contributed by atoms with Gasteiger partial charge in [-0.2, -0.15) is 0 Å². The molecule has 5 rings (SSSR count). The summed E-state index contributed by atoms with van der Waals surface area (Å²) in [7, 11) is 2.65. The zero-order chi connectivity index (χ0) is 37.4. The first-order valence-electron chi connectivity index (χ1n) is 16.3. The van der Waals surface area contributed by atoms with Crippen LogP contribution in [0.25, 0.3) is 10.8 Å². The van der Waals surface area contributed by atoms with Crippen molar-refractivity contribution in [1.29, 1.82) is 0 Å².